The molecule has 0 aliphatic heterocycles. The normalized spacial score (nSPS) is 17.4. The fourth-order valence-corrected chi connectivity index (χ4v) is 7.57. The lowest BCUT2D eigenvalue weighted by molar-refractivity contribution is -0.130. The van der Waals surface area contributed by atoms with E-state index in [-0.39, 0.29) is 57.1 Å². The molecule has 1 saturated carbocycles. The first kappa shape index (κ1) is 40.7. The van der Waals surface area contributed by atoms with Crippen molar-refractivity contribution in [1.29, 1.82) is 0 Å². The molecule has 11 nitrogen and oxygen atoms in total. The van der Waals surface area contributed by atoms with Crippen LogP contribution in [-0.2, 0) is 35.5 Å². The third-order valence-corrected chi connectivity index (χ3v) is 10.2. The third kappa shape index (κ3) is 7.75. The number of alkyl halides is 4. The van der Waals surface area contributed by atoms with Crippen molar-refractivity contribution in [2.45, 2.75) is 82.6 Å². The number of aliphatic hydroxyl groups is 2. The van der Waals surface area contributed by atoms with Crippen LogP contribution in [0.15, 0.2) is 42.5 Å². The molecule has 0 bridgehead atoms. The second kappa shape index (κ2) is 14.4. The number of carbonyl (C=O) groups excluding carboxylic acids is 2. The van der Waals surface area contributed by atoms with Crippen molar-refractivity contribution < 1.29 is 46.1 Å². The molecule has 1 fully saturated rings. The van der Waals surface area contributed by atoms with Crippen molar-refractivity contribution in [2.75, 3.05) is 5.32 Å². The first-order valence-corrected chi connectivity index (χ1v) is 18.4. The maximum atomic E-state index is 15.4. The summed E-state index contributed by atoms with van der Waals surface area (Å²) < 4.78 is 90.1. The van der Waals surface area contributed by atoms with Gasteiger partial charge < -0.3 is 20.8 Å². The molecule has 2 aliphatic carbocycles. The first-order valence-electron chi connectivity index (χ1n) is 18.0. The molecular formula is C40H36ClF6N7O4. The highest BCUT2D eigenvalue weighted by atomic mass is 35.5. The molecule has 0 spiro atoms. The Morgan fingerprint density at radius 1 is 1.02 bits per heavy atom. The van der Waals surface area contributed by atoms with E-state index in [1.165, 1.54) is 44.5 Å². The van der Waals surface area contributed by atoms with Gasteiger partial charge in [0.1, 0.15) is 46.5 Å². The average Bonchev–Trinajstić information content (AvgIpc) is 3.65. The van der Waals surface area contributed by atoms with E-state index in [1.807, 2.05) is 0 Å². The highest BCUT2D eigenvalue weighted by Crippen LogP contribution is 2.68. The van der Waals surface area contributed by atoms with Gasteiger partial charge in [-0.05, 0) is 88.3 Å². The minimum atomic E-state index is -3.50. The summed E-state index contributed by atoms with van der Waals surface area (Å²) >= 11 is 6.66. The summed E-state index contributed by atoms with van der Waals surface area (Å²) in [5.74, 6) is -3.66. The Hall–Kier alpha value is -5.44. The average molecular weight is 828 g/mol. The topological polar surface area (TPSA) is 147 Å². The molecule has 4 N–H and O–H groups in total. The number of anilines is 1. The van der Waals surface area contributed by atoms with Crippen LogP contribution in [0.3, 0.4) is 0 Å². The zero-order valence-electron chi connectivity index (χ0n) is 31.6. The van der Waals surface area contributed by atoms with E-state index in [1.54, 1.807) is 19.2 Å². The van der Waals surface area contributed by atoms with Crippen LogP contribution in [0.25, 0.3) is 22.0 Å². The molecule has 2 aliphatic rings. The van der Waals surface area contributed by atoms with Gasteiger partial charge in [-0.1, -0.05) is 23.6 Å². The lowest BCUT2D eigenvalue weighted by Gasteiger charge is -2.23. The molecule has 18 heteroatoms. The Morgan fingerprint density at radius 3 is 2.33 bits per heavy atom. The number of nitrogens with one attached hydrogen (secondary N) is 2. The number of benzene rings is 2. The number of carbonyl (C=O) groups is 2. The van der Waals surface area contributed by atoms with Gasteiger partial charge in [-0.3, -0.25) is 19.0 Å². The Balaban J connectivity index is 1.38. The van der Waals surface area contributed by atoms with Crippen molar-refractivity contribution in [3.05, 3.63) is 93.0 Å². The summed E-state index contributed by atoms with van der Waals surface area (Å²) in [6, 6.07) is 7.59. The zero-order chi connectivity index (χ0) is 42.2. The third-order valence-electron chi connectivity index (χ3n) is 9.92. The van der Waals surface area contributed by atoms with Crippen LogP contribution in [0, 0.1) is 29.4 Å². The number of amides is 2. The molecule has 2 amide bonds. The lowest BCUT2D eigenvalue weighted by atomic mass is 9.93. The number of pyridine rings is 1. The maximum absolute atomic E-state index is 15.4. The lowest BCUT2D eigenvalue weighted by Crippen LogP contribution is -2.36. The molecule has 3 aromatic heterocycles. The smallest absolute Gasteiger partial charge is 0.293 e. The van der Waals surface area contributed by atoms with E-state index in [9.17, 15) is 37.4 Å². The Labute approximate surface area is 332 Å². The minimum Gasteiger partial charge on any atom is -0.381 e. The summed E-state index contributed by atoms with van der Waals surface area (Å²) in [5.41, 5.74) is -3.90. The largest absolute Gasteiger partial charge is 0.381 e. The predicted molar refractivity (Wildman–Crippen MR) is 200 cm³/mol. The number of hydrogen-bond donors (Lipinski definition) is 4. The number of aromatic nitrogens is 5. The van der Waals surface area contributed by atoms with Crippen LogP contribution >= 0.6 is 11.6 Å². The number of nitrogens with zero attached hydrogens (tertiary/aromatic N) is 5. The summed E-state index contributed by atoms with van der Waals surface area (Å²) in [6.07, 6.45) is -3.49. The standard InChI is InChI=1S/C40H36ClF6N7O4/c1-38(2,57)11-10-21-6-7-22(23-8-9-26(41)30-33(23)53(5)52-36(30)50-37(56)39(3,4)58)31(48-21)27(14-18-12-19(42)15-20(43)13-18)49-28(55)17-54-34-29(32(51-54)35(44)45)24-16-25(24)40(34,46)47/h6-9,12-13,15,24-25,27,35,57-58H,14,16-17H2,1-5H3,(H,49,55)(H,50,52,56)/t24-,25+,27-/m0/s1. The number of fused-ring (bicyclic) bond motifs is 4. The van der Waals surface area contributed by atoms with Crippen LogP contribution in [0.4, 0.5) is 32.2 Å². The Morgan fingerprint density at radius 2 is 1.69 bits per heavy atom. The molecule has 2 aromatic carbocycles. The molecule has 0 saturated heterocycles. The number of hydrogen-bond acceptors (Lipinski definition) is 7. The molecule has 304 valence electrons. The van der Waals surface area contributed by atoms with Gasteiger partial charge >= 0.3 is 0 Å². The van der Waals surface area contributed by atoms with Crippen LogP contribution in [0.1, 0.15) is 86.4 Å². The molecule has 3 heterocycles. The van der Waals surface area contributed by atoms with E-state index < -0.39 is 82.8 Å². The van der Waals surface area contributed by atoms with E-state index in [0.29, 0.717) is 21.8 Å². The van der Waals surface area contributed by atoms with Crippen molar-refractivity contribution in [3.63, 3.8) is 0 Å². The predicted octanol–water partition coefficient (Wildman–Crippen LogP) is 6.84. The molecule has 0 radical (unpaired) electrons. The molecule has 7 rings (SSSR count). The van der Waals surface area contributed by atoms with Gasteiger partial charge in [0.25, 0.3) is 18.3 Å². The zero-order valence-corrected chi connectivity index (χ0v) is 32.3. The van der Waals surface area contributed by atoms with Crippen molar-refractivity contribution in [2.24, 2.45) is 13.0 Å². The van der Waals surface area contributed by atoms with E-state index >= 15 is 8.78 Å². The van der Waals surface area contributed by atoms with E-state index in [2.05, 4.69) is 32.7 Å². The van der Waals surface area contributed by atoms with Crippen LogP contribution in [0.5, 0.6) is 0 Å². The molecule has 0 unspecified atom stereocenters. The summed E-state index contributed by atoms with van der Waals surface area (Å²) in [5, 5.41) is 34.5. The Bertz CT molecular complexity index is 2550. The van der Waals surface area contributed by atoms with Gasteiger partial charge in [-0.25, -0.2) is 22.5 Å². The molecule has 3 atom stereocenters. The second-order valence-electron chi connectivity index (χ2n) is 15.5. The first-order chi connectivity index (χ1) is 27.0. The summed E-state index contributed by atoms with van der Waals surface area (Å²) in [7, 11) is 1.56. The summed E-state index contributed by atoms with van der Waals surface area (Å²) in [6.45, 7) is 4.53. The van der Waals surface area contributed by atoms with Gasteiger partial charge in [-0.2, -0.15) is 19.0 Å². The molecular weight excluding hydrogens is 792 g/mol. The number of rotatable bonds is 10. The molecule has 58 heavy (non-hydrogen) atoms. The number of aryl methyl sites for hydroxylation is 1. The maximum Gasteiger partial charge on any atom is 0.293 e. The minimum absolute atomic E-state index is 0.00287. The SMILES string of the molecule is Cn1nc(NC(=O)C(C)(C)O)c2c(Cl)ccc(-c3ccc(C#CC(C)(C)O)nc3[C@H](Cc3cc(F)cc(F)c3)NC(=O)Cn3nc(C(F)F)c4c3C(F)(F)[C@@H]3C[C@H]43)c21. The fraction of sp³-hybridized carbons (Fsp3) is 0.375. The van der Waals surface area contributed by atoms with E-state index in [0.717, 1.165) is 12.1 Å². The van der Waals surface area contributed by atoms with Gasteiger partial charge in [-0.15, -0.1) is 0 Å². The second-order valence-corrected chi connectivity index (χ2v) is 15.9. The van der Waals surface area contributed by atoms with Crippen LogP contribution < -0.4 is 10.6 Å². The van der Waals surface area contributed by atoms with Crippen molar-refractivity contribution in [3.8, 4) is 23.0 Å². The fourth-order valence-electron chi connectivity index (χ4n) is 7.33. The summed E-state index contributed by atoms with van der Waals surface area (Å²) in [4.78, 5) is 31.5. The van der Waals surface area contributed by atoms with Gasteiger partial charge in [0.05, 0.1) is 27.7 Å². The van der Waals surface area contributed by atoms with Crippen molar-refractivity contribution >= 4 is 40.1 Å². The van der Waals surface area contributed by atoms with E-state index in [4.69, 9.17) is 16.6 Å². The van der Waals surface area contributed by atoms with Crippen molar-refractivity contribution in [1.82, 2.24) is 29.9 Å². The van der Waals surface area contributed by atoms with Crippen LogP contribution in [-0.4, -0.2) is 57.8 Å². The highest BCUT2D eigenvalue weighted by molar-refractivity contribution is 6.37. The van der Waals surface area contributed by atoms with Gasteiger partial charge in [0.2, 0.25) is 5.91 Å². The monoisotopic (exact) mass is 827 g/mol. The quantitative estimate of drug-likeness (QED) is 0.0891. The molecule has 5 aromatic rings. The highest BCUT2D eigenvalue weighted by Gasteiger charge is 2.67. The van der Waals surface area contributed by atoms with Crippen LogP contribution in [0.2, 0.25) is 5.02 Å². The Kier molecular flexibility index (Phi) is 10.1. The van der Waals surface area contributed by atoms with Gasteiger partial charge in [0.15, 0.2) is 5.82 Å². The van der Waals surface area contributed by atoms with Gasteiger partial charge in [0, 0.05) is 35.7 Å². The number of halogens is 7.